The van der Waals surface area contributed by atoms with Crippen LogP contribution >= 0.6 is 0 Å². The third-order valence-corrected chi connectivity index (χ3v) is 5.07. The molecular formula is C21H18N4O. The van der Waals surface area contributed by atoms with Gasteiger partial charge in [0.05, 0.1) is 11.7 Å². The normalized spacial score (nSPS) is 15.9. The SMILES string of the molecule is Nc1nc2ccc(Nc3ncco3)cc2cc1[C@@H]1CCc2ccccc21. The van der Waals surface area contributed by atoms with Gasteiger partial charge >= 0.3 is 0 Å². The zero-order chi connectivity index (χ0) is 17.5. The molecule has 2 aromatic carbocycles. The molecule has 0 aliphatic heterocycles. The largest absolute Gasteiger partial charge is 0.432 e. The summed E-state index contributed by atoms with van der Waals surface area (Å²) < 4.78 is 5.25. The van der Waals surface area contributed by atoms with Crippen LogP contribution in [0.3, 0.4) is 0 Å². The monoisotopic (exact) mass is 342 g/mol. The minimum atomic E-state index is 0.312. The van der Waals surface area contributed by atoms with Gasteiger partial charge in [-0.25, -0.2) is 9.97 Å². The maximum atomic E-state index is 6.32. The van der Waals surface area contributed by atoms with Gasteiger partial charge in [0.25, 0.3) is 6.01 Å². The fourth-order valence-corrected chi connectivity index (χ4v) is 3.85. The topological polar surface area (TPSA) is 77.0 Å². The molecule has 2 heterocycles. The number of anilines is 3. The highest BCUT2D eigenvalue weighted by Crippen LogP contribution is 2.40. The molecule has 0 amide bonds. The molecule has 5 heteroatoms. The fourth-order valence-electron chi connectivity index (χ4n) is 3.85. The summed E-state index contributed by atoms with van der Waals surface area (Å²) in [7, 11) is 0. The molecule has 1 aliphatic rings. The van der Waals surface area contributed by atoms with E-state index in [1.807, 2.05) is 12.1 Å². The molecule has 0 unspecified atom stereocenters. The average Bonchev–Trinajstić information content (AvgIpc) is 3.31. The molecule has 0 radical (unpaired) electrons. The van der Waals surface area contributed by atoms with Crippen molar-refractivity contribution in [2.24, 2.45) is 0 Å². The van der Waals surface area contributed by atoms with Crippen molar-refractivity contribution in [1.82, 2.24) is 9.97 Å². The lowest BCUT2D eigenvalue weighted by Crippen LogP contribution is -2.04. The maximum Gasteiger partial charge on any atom is 0.299 e. The minimum Gasteiger partial charge on any atom is -0.432 e. The third-order valence-electron chi connectivity index (χ3n) is 5.07. The van der Waals surface area contributed by atoms with Crippen molar-refractivity contribution < 1.29 is 4.42 Å². The van der Waals surface area contributed by atoms with Crippen LogP contribution in [0.15, 0.2) is 65.4 Å². The van der Waals surface area contributed by atoms with Crippen molar-refractivity contribution in [3.05, 3.63) is 77.7 Å². The molecule has 0 saturated heterocycles. The van der Waals surface area contributed by atoms with Crippen LogP contribution < -0.4 is 11.1 Å². The number of pyridine rings is 1. The Labute approximate surface area is 150 Å². The van der Waals surface area contributed by atoms with E-state index in [1.165, 1.54) is 11.1 Å². The molecule has 26 heavy (non-hydrogen) atoms. The van der Waals surface area contributed by atoms with Crippen LogP contribution in [0.25, 0.3) is 10.9 Å². The summed E-state index contributed by atoms with van der Waals surface area (Å²) in [5.74, 6) is 0.930. The lowest BCUT2D eigenvalue weighted by Gasteiger charge is -2.15. The van der Waals surface area contributed by atoms with E-state index in [-0.39, 0.29) is 0 Å². The number of rotatable bonds is 3. The highest BCUT2D eigenvalue weighted by Gasteiger charge is 2.25. The number of nitrogens with zero attached hydrogens (tertiary/aromatic N) is 2. The van der Waals surface area contributed by atoms with Crippen molar-refractivity contribution >= 4 is 28.4 Å². The second kappa shape index (κ2) is 5.88. The number of aromatic nitrogens is 2. The summed E-state index contributed by atoms with van der Waals surface area (Å²) in [5, 5.41) is 4.21. The first kappa shape index (κ1) is 15.0. The van der Waals surface area contributed by atoms with E-state index >= 15 is 0 Å². The Balaban J connectivity index is 1.57. The van der Waals surface area contributed by atoms with Crippen LogP contribution in [0.2, 0.25) is 0 Å². The zero-order valence-electron chi connectivity index (χ0n) is 14.1. The minimum absolute atomic E-state index is 0.312. The van der Waals surface area contributed by atoms with Gasteiger partial charge in [-0.3, -0.25) is 0 Å². The molecule has 1 aliphatic carbocycles. The molecule has 2 aromatic heterocycles. The molecule has 0 saturated carbocycles. The second-order valence-electron chi connectivity index (χ2n) is 6.62. The van der Waals surface area contributed by atoms with Crippen LogP contribution in [-0.4, -0.2) is 9.97 Å². The number of oxazole rings is 1. The summed E-state index contributed by atoms with van der Waals surface area (Å²) >= 11 is 0. The molecule has 0 spiro atoms. The summed E-state index contributed by atoms with van der Waals surface area (Å²) in [6.45, 7) is 0. The third kappa shape index (κ3) is 2.49. The van der Waals surface area contributed by atoms with Crippen LogP contribution in [0.5, 0.6) is 0 Å². The predicted octanol–water partition coefficient (Wildman–Crippen LogP) is 4.63. The predicted molar refractivity (Wildman–Crippen MR) is 103 cm³/mol. The lowest BCUT2D eigenvalue weighted by atomic mass is 9.92. The molecule has 4 aromatic rings. The van der Waals surface area contributed by atoms with Gasteiger partial charge in [0, 0.05) is 22.6 Å². The molecule has 3 N–H and O–H groups in total. The number of nitrogens with two attached hydrogens (primary N) is 1. The molecule has 5 nitrogen and oxygen atoms in total. The Kier molecular flexibility index (Phi) is 3.38. The summed E-state index contributed by atoms with van der Waals surface area (Å²) in [4.78, 5) is 8.74. The molecule has 5 rings (SSSR count). The van der Waals surface area contributed by atoms with Crippen molar-refractivity contribution in [3.63, 3.8) is 0 Å². The van der Waals surface area contributed by atoms with Crippen LogP contribution in [0.1, 0.15) is 29.0 Å². The van der Waals surface area contributed by atoms with E-state index < -0.39 is 0 Å². The highest BCUT2D eigenvalue weighted by molar-refractivity contribution is 5.85. The van der Waals surface area contributed by atoms with E-state index in [0.29, 0.717) is 17.8 Å². The first-order chi connectivity index (χ1) is 12.8. The molecule has 128 valence electrons. The van der Waals surface area contributed by atoms with Gasteiger partial charge in [-0.2, -0.15) is 0 Å². The van der Waals surface area contributed by atoms with E-state index in [2.05, 4.69) is 51.7 Å². The molecule has 1 atom stereocenters. The smallest absolute Gasteiger partial charge is 0.299 e. The number of nitrogens with one attached hydrogen (secondary N) is 1. The first-order valence-corrected chi connectivity index (χ1v) is 8.72. The quantitative estimate of drug-likeness (QED) is 0.568. The average molecular weight is 342 g/mol. The van der Waals surface area contributed by atoms with Gasteiger partial charge in [0.15, 0.2) is 0 Å². The standard InChI is InChI=1S/C21H18N4O/c22-20-18(17-7-5-13-3-1-2-4-16(13)17)12-14-11-15(6-8-19(14)25-20)24-21-23-9-10-26-21/h1-4,6,8-12,17H,5,7H2,(H2,22,25)(H,23,24)/t17-/m1/s1. The Bertz CT molecular complexity index is 1090. The molecule has 0 bridgehead atoms. The van der Waals surface area contributed by atoms with Crippen molar-refractivity contribution in [1.29, 1.82) is 0 Å². The molecular weight excluding hydrogens is 324 g/mol. The Morgan fingerprint density at radius 2 is 2.00 bits per heavy atom. The number of benzene rings is 2. The lowest BCUT2D eigenvalue weighted by molar-refractivity contribution is 0.578. The Morgan fingerprint density at radius 1 is 1.08 bits per heavy atom. The van der Waals surface area contributed by atoms with E-state index in [9.17, 15) is 0 Å². The number of hydrogen-bond acceptors (Lipinski definition) is 5. The van der Waals surface area contributed by atoms with Crippen LogP contribution in [0, 0.1) is 0 Å². The van der Waals surface area contributed by atoms with Gasteiger partial charge in [0.2, 0.25) is 0 Å². The van der Waals surface area contributed by atoms with Crippen molar-refractivity contribution in [3.8, 4) is 0 Å². The van der Waals surface area contributed by atoms with E-state index in [0.717, 1.165) is 35.0 Å². The van der Waals surface area contributed by atoms with Gasteiger partial charge in [-0.1, -0.05) is 24.3 Å². The Morgan fingerprint density at radius 3 is 2.88 bits per heavy atom. The number of hydrogen-bond donors (Lipinski definition) is 2. The van der Waals surface area contributed by atoms with Crippen molar-refractivity contribution in [2.75, 3.05) is 11.1 Å². The van der Waals surface area contributed by atoms with E-state index in [4.69, 9.17) is 10.2 Å². The molecule has 0 fully saturated rings. The second-order valence-corrected chi connectivity index (χ2v) is 6.62. The maximum absolute atomic E-state index is 6.32. The highest BCUT2D eigenvalue weighted by atomic mass is 16.4. The zero-order valence-corrected chi connectivity index (χ0v) is 14.1. The van der Waals surface area contributed by atoms with Crippen LogP contribution in [-0.2, 0) is 6.42 Å². The van der Waals surface area contributed by atoms with Gasteiger partial charge < -0.3 is 15.5 Å². The summed E-state index contributed by atoms with van der Waals surface area (Å²) in [6, 6.07) is 17.2. The van der Waals surface area contributed by atoms with Crippen LogP contribution in [0.4, 0.5) is 17.5 Å². The van der Waals surface area contributed by atoms with Gasteiger partial charge in [-0.05, 0) is 48.2 Å². The summed E-state index contributed by atoms with van der Waals surface area (Å²) in [6.07, 6.45) is 5.32. The van der Waals surface area contributed by atoms with Gasteiger partial charge in [-0.15, -0.1) is 0 Å². The van der Waals surface area contributed by atoms with Crippen molar-refractivity contribution in [2.45, 2.75) is 18.8 Å². The Hall–Kier alpha value is -3.34. The number of fused-ring (bicyclic) bond motifs is 2. The first-order valence-electron chi connectivity index (χ1n) is 8.72. The summed E-state index contributed by atoms with van der Waals surface area (Å²) in [5.41, 5.74) is 12.0. The number of nitrogen functional groups attached to an aromatic ring is 1. The number of aryl methyl sites for hydroxylation is 1. The fraction of sp³-hybridized carbons (Fsp3) is 0.143. The van der Waals surface area contributed by atoms with Gasteiger partial charge in [0.1, 0.15) is 12.1 Å². The van der Waals surface area contributed by atoms with E-state index in [1.54, 1.807) is 12.5 Å².